The molecular formula is C9H13FN2O. The Hall–Kier alpha value is -1.19. The van der Waals surface area contributed by atoms with Gasteiger partial charge in [-0.3, -0.25) is 0 Å². The molecule has 13 heavy (non-hydrogen) atoms. The Labute approximate surface area is 76.8 Å². The molecule has 0 atom stereocenters. The van der Waals surface area contributed by atoms with Gasteiger partial charge in [-0.25, -0.2) is 4.73 Å². The van der Waals surface area contributed by atoms with Gasteiger partial charge < -0.3 is 5.21 Å². The van der Waals surface area contributed by atoms with E-state index in [1.807, 2.05) is 6.92 Å². The number of hydrogen-bond donors (Lipinski definition) is 0. The Morgan fingerprint density at radius 2 is 2.31 bits per heavy atom. The van der Waals surface area contributed by atoms with Crippen molar-refractivity contribution in [1.82, 2.24) is 4.98 Å². The summed E-state index contributed by atoms with van der Waals surface area (Å²) in [6.45, 7) is 3.50. The average molecular weight is 184 g/mol. The highest BCUT2D eigenvalue weighted by Crippen LogP contribution is 2.06. The Morgan fingerprint density at radius 3 is 2.92 bits per heavy atom. The normalized spacial score (nSPS) is 10.4. The van der Waals surface area contributed by atoms with Gasteiger partial charge in [-0.05, 0) is 17.8 Å². The Morgan fingerprint density at radius 1 is 1.62 bits per heavy atom. The van der Waals surface area contributed by atoms with E-state index in [4.69, 9.17) is 0 Å². The van der Waals surface area contributed by atoms with Gasteiger partial charge in [0.05, 0.1) is 5.56 Å². The average Bonchev–Trinajstić information content (AvgIpc) is 2.09. The molecule has 0 amide bonds. The van der Waals surface area contributed by atoms with Crippen molar-refractivity contribution in [3.05, 3.63) is 28.7 Å². The number of aromatic nitrogens is 2. The SMILES string of the molecule is CCCCc1c[n+]([O-])c(C)nc1F. The lowest BCUT2D eigenvalue weighted by atomic mass is 10.1. The molecule has 0 unspecified atom stereocenters. The van der Waals surface area contributed by atoms with E-state index >= 15 is 0 Å². The van der Waals surface area contributed by atoms with E-state index in [1.54, 1.807) is 0 Å². The van der Waals surface area contributed by atoms with Crippen LogP contribution in [0.25, 0.3) is 0 Å². The third-order valence-corrected chi connectivity index (χ3v) is 1.92. The van der Waals surface area contributed by atoms with E-state index in [-0.39, 0.29) is 5.82 Å². The molecule has 0 aliphatic carbocycles. The van der Waals surface area contributed by atoms with Gasteiger partial charge in [-0.15, -0.1) is 0 Å². The molecular weight excluding hydrogens is 171 g/mol. The predicted octanol–water partition coefficient (Wildman–Crippen LogP) is 1.51. The number of rotatable bonds is 3. The lowest BCUT2D eigenvalue weighted by molar-refractivity contribution is -0.616. The molecule has 72 valence electrons. The molecule has 1 rings (SSSR count). The van der Waals surface area contributed by atoms with Crippen molar-refractivity contribution in [1.29, 1.82) is 0 Å². The molecule has 0 saturated heterocycles. The van der Waals surface area contributed by atoms with Crippen molar-refractivity contribution in [2.24, 2.45) is 0 Å². The summed E-state index contributed by atoms with van der Waals surface area (Å²) < 4.78 is 13.7. The number of nitrogens with zero attached hydrogens (tertiary/aromatic N) is 2. The molecule has 4 heteroatoms. The summed E-state index contributed by atoms with van der Waals surface area (Å²) in [6, 6.07) is 0. The Balaban J connectivity index is 2.88. The third kappa shape index (κ3) is 2.37. The summed E-state index contributed by atoms with van der Waals surface area (Å²) in [5.74, 6) is -0.365. The maximum atomic E-state index is 13.1. The highest BCUT2D eigenvalue weighted by molar-refractivity contribution is 5.03. The highest BCUT2D eigenvalue weighted by Gasteiger charge is 2.12. The van der Waals surface area contributed by atoms with Crippen LogP contribution < -0.4 is 4.73 Å². The van der Waals surface area contributed by atoms with E-state index in [0.29, 0.717) is 16.7 Å². The molecule has 3 nitrogen and oxygen atoms in total. The van der Waals surface area contributed by atoms with Crippen LogP contribution in [0.15, 0.2) is 6.20 Å². The van der Waals surface area contributed by atoms with Gasteiger partial charge in [0.25, 0.3) is 0 Å². The zero-order valence-electron chi connectivity index (χ0n) is 7.88. The number of unbranched alkanes of at least 4 members (excludes halogenated alkanes) is 1. The summed E-state index contributed by atoms with van der Waals surface area (Å²) in [5, 5.41) is 11.0. The van der Waals surface area contributed by atoms with Gasteiger partial charge in [0.2, 0.25) is 0 Å². The molecule has 0 aliphatic rings. The second-order valence-electron chi connectivity index (χ2n) is 3.03. The van der Waals surface area contributed by atoms with Crippen molar-refractivity contribution < 1.29 is 9.12 Å². The van der Waals surface area contributed by atoms with Gasteiger partial charge >= 0.3 is 11.8 Å². The maximum Gasteiger partial charge on any atom is 0.327 e. The third-order valence-electron chi connectivity index (χ3n) is 1.92. The molecule has 0 aromatic carbocycles. The monoisotopic (exact) mass is 184 g/mol. The minimum absolute atomic E-state index is 0.151. The largest absolute Gasteiger partial charge is 0.711 e. The quantitative estimate of drug-likeness (QED) is 0.406. The fraction of sp³-hybridized carbons (Fsp3) is 0.556. The van der Waals surface area contributed by atoms with Crippen LogP contribution in [0.3, 0.4) is 0 Å². The maximum absolute atomic E-state index is 13.1. The van der Waals surface area contributed by atoms with Gasteiger partial charge in [-0.2, -0.15) is 4.39 Å². The van der Waals surface area contributed by atoms with Gasteiger partial charge in [0, 0.05) is 6.92 Å². The van der Waals surface area contributed by atoms with Crippen molar-refractivity contribution in [3.63, 3.8) is 0 Å². The summed E-state index contributed by atoms with van der Waals surface area (Å²) in [4.78, 5) is 3.51. The van der Waals surface area contributed by atoms with Crippen LogP contribution in [-0.2, 0) is 6.42 Å². The van der Waals surface area contributed by atoms with Crippen molar-refractivity contribution in [3.8, 4) is 0 Å². The topological polar surface area (TPSA) is 39.8 Å². The van der Waals surface area contributed by atoms with Crippen molar-refractivity contribution in [2.75, 3.05) is 0 Å². The first-order valence-electron chi connectivity index (χ1n) is 4.40. The fourth-order valence-corrected chi connectivity index (χ4v) is 1.09. The lowest BCUT2D eigenvalue weighted by Gasteiger charge is -2.05. The van der Waals surface area contributed by atoms with E-state index in [9.17, 15) is 9.60 Å². The van der Waals surface area contributed by atoms with E-state index in [0.717, 1.165) is 12.8 Å². The second-order valence-corrected chi connectivity index (χ2v) is 3.03. The van der Waals surface area contributed by atoms with Gasteiger partial charge in [0.1, 0.15) is 6.20 Å². The minimum atomic E-state index is -0.516. The van der Waals surface area contributed by atoms with Crippen LogP contribution in [0.5, 0.6) is 0 Å². The first kappa shape index (κ1) is 9.89. The molecule has 1 aromatic heterocycles. The lowest BCUT2D eigenvalue weighted by Crippen LogP contribution is -2.32. The number of hydrogen-bond acceptors (Lipinski definition) is 2. The molecule has 0 N–H and O–H groups in total. The second kappa shape index (κ2) is 4.16. The van der Waals surface area contributed by atoms with E-state index < -0.39 is 5.95 Å². The first-order chi connectivity index (χ1) is 6.15. The van der Waals surface area contributed by atoms with E-state index in [2.05, 4.69) is 4.98 Å². The van der Waals surface area contributed by atoms with Crippen LogP contribution in [0.2, 0.25) is 0 Å². The minimum Gasteiger partial charge on any atom is -0.711 e. The smallest absolute Gasteiger partial charge is 0.327 e. The highest BCUT2D eigenvalue weighted by atomic mass is 19.1. The summed E-state index contributed by atoms with van der Waals surface area (Å²) in [5.41, 5.74) is 0.405. The Kier molecular flexibility index (Phi) is 3.17. The fourth-order valence-electron chi connectivity index (χ4n) is 1.09. The number of halogens is 1. The standard InChI is InChI=1S/C9H13FN2O/c1-3-4-5-8-6-12(13)7(2)11-9(8)10/h6H,3-5H2,1-2H3. The summed E-state index contributed by atoms with van der Waals surface area (Å²) >= 11 is 0. The molecule has 0 aliphatic heterocycles. The van der Waals surface area contributed by atoms with Crippen LogP contribution in [0.4, 0.5) is 4.39 Å². The first-order valence-corrected chi connectivity index (χ1v) is 4.40. The summed E-state index contributed by atoms with van der Waals surface area (Å²) in [6.07, 6.45) is 3.71. The molecule has 0 spiro atoms. The molecule has 0 radical (unpaired) electrons. The molecule has 1 heterocycles. The zero-order valence-corrected chi connectivity index (χ0v) is 7.88. The molecule has 0 saturated carbocycles. The zero-order chi connectivity index (χ0) is 9.84. The van der Waals surface area contributed by atoms with Crippen LogP contribution in [-0.4, -0.2) is 4.98 Å². The van der Waals surface area contributed by atoms with Crippen LogP contribution in [0, 0.1) is 18.1 Å². The Bertz CT molecular complexity index is 302. The summed E-state index contributed by atoms with van der Waals surface area (Å²) in [7, 11) is 0. The number of aryl methyl sites for hydroxylation is 2. The van der Waals surface area contributed by atoms with Crippen molar-refractivity contribution in [2.45, 2.75) is 33.1 Å². The molecule has 0 fully saturated rings. The van der Waals surface area contributed by atoms with Crippen LogP contribution >= 0.6 is 0 Å². The molecule has 1 aromatic rings. The van der Waals surface area contributed by atoms with E-state index in [1.165, 1.54) is 13.1 Å². The van der Waals surface area contributed by atoms with Gasteiger partial charge in [-0.1, -0.05) is 13.3 Å². The van der Waals surface area contributed by atoms with Crippen LogP contribution in [0.1, 0.15) is 31.2 Å². The predicted molar refractivity (Wildman–Crippen MR) is 46.5 cm³/mol. The van der Waals surface area contributed by atoms with Crippen molar-refractivity contribution >= 4 is 0 Å². The molecule has 0 bridgehead atoms. The van der Waals surface area contributed by atoms with Gasteiger partial charge in [0.15, 0.2) is 0 Å².